The van der Waals surface area contributed by atoms with Gasteiger partial charge in [-0.3, -0.25) is 9.80 Å². The molecule has 2 saturated heterocycles. The standard InChI is InChI=1S/C24H41N5O.HI/c1-4-25-24(29-16-11-22(19-29)28(5-2)6-3)26-17-20-7-9-21(10-8-20)18-27-14-12-23(30)13-15-27;/h7-10,22-23,30H,4-6,11-19H2,1-3H3,(H,25,26);1H. The number of likely N-dealkylation sites (tertiary alicyclic amines) is 2. The van der Waals surface area contributed by atoms with E-state index in [9.17, 15) is 5.11 Å². The first-order valence-corrected chi connectivity index (χ1v) is 11.9. The Morgan fingerprint density at radius 3 is 2.29 bits per heavy atom. The lowest BCUT2D eigenvalue weighted by Gasteiger charge is -2.29. The van der Waals surface area contributed by atoms with Crippen LogP contribution >= 0.6 is 24.0 Å². The van der Waals surface area contributed by atoms with Gasteiger partial charge in [0, 0.05) is 45.3 Å². The molecule has 7 heteroatoms. The van der Waals surface area contributed by atoms with Gasteiger partial charge in [-0.25, -0.2) is 4.99 Å². The van der Waals surface area contributed by atoms with Crippen molar-refractivity contribution in [1.82, 2.24) is 20.0 Å². The van der Waals surface area contributed by atoms with Crippen molar-refractivity contribution in [2.45, 2.75) is 65.3 Å². The fraction of sp³-hybridized carbons (Fsp3) is 0.708. The van der Waals surface area contributed by atoms with Crippen LogP contribution in [0.2, 0.25) is 0 Å². The zero-order valence-corrected chi connectivity index (χ0v) is 21.9. The molecule has 2 fully saturated rings. The van der Waals surface area contributed by atoms with Crippen LogP contribution in [0.5, 0.6) is 0 Å². The summed E-state index contributed by atoms with van der Waals surface area (Å²) in [5.74, 6) is 1.04. The fourth-order valence-corrected chi connectivity index (χ4v) is 4.65. The van der Waals surface area contributed by atoms with Gasteiger partial charge in [0.1, 0.15) is 0 Å². The Hall–Kier alpha value is -0.900. The number of rotatable bonds is 8. The molecule has 0 aliphatic carbocycles. The Balaban J connectivity index is 0.00000341. The summed E-state index contributed by atoms with van der Waals surface area (Å²) < 4.78 is 0. The minimum absolute atomic E-state index is 0. The Morgan fingerprint density at radius 1 is 1.03 bits per heavy atom. The second-order valence-corrected chi connectivity index (χ2v) is 8.60. The number of aliphatic imine (C=N–C) groups is 1. The molecule has 1 unspecified atom stereocenters. The Labute approximate surface area is 206 Å². The van der Waals surface area contributed by atoms with Gasteiger partial charge < -0.3 is 15.3 Å². The molecular formula is C24H42IN5O. The summed E-state index contributed by atoms with van der Waals surface area (Å²) in [5, 5.41) is 13.2. The van der Waals surface area contributed by atoms with E-state index in [-0.39, 0.29) is 30.1 Å². The van der Waals surface area contributed by atoms with Crippen molar-refractivity contribution in [3.05, 3.63) is 35.4 Å². The zero-order chi connectivity index (χ0) is 21.3. The highest BCUT2D eigenvalue weighted by molar-refractivity contribution is 14.0. The normalized spacial score (nSPS) is 20.9. The number of halogens is 1. The molecule has 3 rings (SSSR count). The summed E-state index contributed by atoms with van der Waals surface area (Å²) in [4.78, 5) is 12.4. The fourth-order valence-electron chi connectivity index (χ4n) is 4.65. The summed E-state index contributed by atoms with van der Waals surface area (Å²) in [6, 6.07) is 9.52. The van der Waals surface area contributed by atoms with Crippen molar-refractivity contribution in [2.75, 3.05) is 45.8 Å². The number of likely N-dealkylation sites (N-methyl/N-ethyl adjacent to an activating group) is 1. The molecule has 0 radical (unpaired) electrons. The van der Waals surface area contributed by atoms with E-state index < -0.39 is 0 Å². The highest BCUT2D eigenvalue weighted by Crippen LogP contribution is 2.17. The smallest absolute Gasteiger partial charge is 0.194 e. The monoisotopic (exact) mass is 543 g/mol. The van der Waals surface area contributed by atoms with Crippen molar-refractivity contribution in [2.24, 2.45) is 4.99 Å². The van der Waals surface area contributed by atoms with Crippen molar-refractivity contribution in [3.8, 4) is 0 Å². The summed E-state index contributed by atoms with van der Waals surface area (Å²) in [6.45, 7) is 15.6. The van der Waals surface area contributed by atoms with Crippen LogP contribution in [0.25, 0.3) is 0 Å². The second-order valence-electron chi connectivity index (χ2n) is 8.60. The van der Waals surface area contributed by atoms with Crippen LogP contribution in [0.4, 0.5) is 0 Å². The molecule has 2 aliphatic heterocycles. The Morgan fingerprint density at radius 2 is 1.68 bits per heavy atom. The van der Waals surface area contributed by atoms with E-state index in [1.54, 1.807) is 0 Å². The third-order valence-electron chi connectivity index (χ3n) is 6.52. The van der Waals surface area contributed by atoms with Crippen LogP contribution in [0.1, 0.15) is 51.2 Å². The minimum Gasteiger partial charge on any atom is -0.393 e. The molecule has 0 spiro atoms. The quantitative estimate of drug-likeness (QED) is 0.300. The van der Waals surface area contributed by atoms with Crippen LogP contribution in [0.15, 0.2) is 29.3 Å². The first-order valence-electron chi connectivity index (χ1n) is 11.9. The van der Waals surface area contributed by atoms with Gasteiger partial charge in [0.05, 0.1) is 12.6 Å². The largest absolute Gasteiger partial charge is 0.393 e. The van der Waals surface area contributed by atoms with Crippen molar-refractivity contribution >= 4 is 29.9 Å². The number of benzene rings is 1. The van der Waals surface area contributed by atoms with E-state index >= 15 is 0 Å². The average Bonchev–Trinajstić information content (AvgIpc) is 3.24. The molecule has 1 aromatic carbocycles. The van der Waals surface area contributed by atoms with E-state index in [1.807, 2.05) is 0 Å². The Bertz CT molecular complexity index is 656. The molecule has 31 heavy (non-hydrogen) atoms. The molecule has 1 atom stereocenters. The molecule has 1 aromatic rings. The average molecular weight is 544 g/mol. The number of hydrogen-bond acceptors (Lipinski definition) is 4. The molecule has 2 N–H and O–H groups in total. The van der Waals surface area contributed by atoms with Gasteiger partial charge in [0.25, 0.3) is 0 Å². The predicted molar refractivity (Wildman–Crippen MR) is 140 cm³/mol. The van der Waals surface area contributed by atoms with Gasteiger partial charge in [-0.05, 0) is 50.4 Å². The van der Waals surface area contributed by atoms with Crippen LogP contribution < -0.4 is 5.32 Å². The molecule has 2 heterocycles. The number of hydrogen-bond donors (Lipinski definition) is 2. The molecule has 2 aliphatic rings. The lowest BCUT2D eigenvalue weighted by Crippen LogP contribution is -2.43. The van der Waals surface area contributed by atoms with Gasteiger partial charge in [-0.2, -0.15) is 0 Å². The number of guanidine groups is 1. The van der Waals surface area contributed by atoms with Gasteiger partial charge >= 0.3 is 0 Å². The third kappa shape index (κ3) is 7.87. The van der Waals surface area contributed by atoms with E-state index in [0.717, 1.165) is 71.2 Å². The topological polar surface area (TPSA) is 54.3 Å². The van der Waals surface area contributed by atoms with Crippen molar-refractivity contribution < 1.29 is 5.11 Å². The summed E-state index contributed by atoms with van der Waals surface area (Å²) in [5.41, 5.74) is 2.59. The van der Waals surface area contributed by atoms with Crippen LogP contribution in [-0.4, -0.2) is 83.7 Å². The van der Waals surface area contributed by atoms with E-state index in [0.29, 0.717) is 12.6 Å². The van der Waals surface area contributed by atoms with Crippen LogP contribution in [0.3, 0.4) is 0 Å². The van der Waals surface area contributed by atoms with Crippen molar-refractivity contribution in [1.29, 1.82) is 0 Å². The molecular weight excluding hydrogens is 501 g/mol. The number of nitrogens with one attached hydrogen (secondary N) is 1. The van der Waals surface area contributed by atoms with Gasteiger partial charge in [0.15, 0.2) is 5.96 Å². The molecule has 6 nitrogen and oxygen atoms in total. The van der Waals surface area contributed by atoms with Crippen LogP contribution in [0, 0.1) is 0 Å². The summed E-state index contributed by atoms with van der Waals surface area (Å²) in [7, 11) is 0. The molecule has 0 bridgehead atoms. The maximum Gasteiger partial charge on any atom is 0.194 e. The van der Waals surface area contributed by atoms with Gasteiger partial charge in [-0.15, -0.1) is 24.0 Å². The maximum atomic E-state index is 9.67. The van der Waals surface area contributed by atoms with Gasteiger partial charge in [-0.1, -0.05) is 38.1 Å². The van der Waals surface area contributed by atoms with E-state index in [1.165, 1.54) is 17.5 Å². The molecule has 0 aromatic heterocycles. The SMILES string of the molecule is CCNC(=NCc1ccc(CN2CCC(O)CC2)cc1)N1CCC(N(CC)CC)C1.I. The van der Waals surface area contributed by atoms with E-state index in [4.69, 9.17) is 4.99 Å². The lowest BCUT2D eigenvalue weighted by molar-refractivity contribution is 0.0792. The highest BCUT2D eigenvalue weighted by Gasteiger charge is 2.28. The van der Waals surface area contributed by atoms with E-state index in [2.05, 4.69) is 65.1 Å². The highest BCUT2D eigenvalue weighted by atomic mass is 127. The molecule has 176 valence electrons. The predicted octanol–water partition coefficient (Wildman–Crippen LogP) is 3.14. The van der Waals surface area contributed by atoms with Crippen LogP contribution in [-0.2, 0) is 13.1 Å². The first-order chi connectivity index (χ1) is 14.6. The third-order valence-corrected chi connectivity index (χ3v) is 6.52. The maximum absolute atomic E-state index is 9.67. The number of aliphatic hydroxyl groups is 1. The van der Waals surface area contributed by atoms with Gasteiger partial charge in [0.2, 0.25) is 0 Å². The lowest BCUT2D eigenvalue weighted by atomic mass is 10.1. The first kappa shape index (κ1) is 26.4. The van der Waals surface area contributed by atoms with Crippen molar-refractivity contribution in [3.63, 3.8) is 0 Å². The second kappa shape index (κ2) is 13.6. The Kier molecular flexibility index (Phi) is 11.6. The molecule has 0 saturated carbocycles. The minimum atomic E-state index is -0.106. The summed E-state index contributed by atoms with van der Waals surface area (Å²) in [6.07, 6.45) is 2.90. The number of nitrogens with zero attached hydrogens (tertiary/aromatic N) is 4. The number of piperidine rings is 1. The summed E-state index contributed by atoms with van der Waals surface area (Å²) >= 11 is 0. The zero-order valence-electron chi connectivity index (χ0n) is 19.6. The molecule has 0 amide bonds. The number of aliphatic hydroxyl groups excluding tert-OH is 1.